The molecule has 2 amide bonds. The summed E-state index contributed by atoms with van der Waals surface area (Å²) in [4.78, 5) is 10.4. The maximum Gasteiger partial charge on any atom is 0.327 e. The van der Waals surface area contributed by atoms with Gasteiger partial charge in [0.15, 0.2) is 0 Å². The van der Waals surface area contributed by atoms with Crippen molar-refractivity contribution in [2.45, 2.75) is 128 Å². The van der Waals surface area contributed by atoms with Crippen LogP contribution in [0.4, 0.5) is 4.79 Å². The summed E-state index contributed by atoms with van der Waals surface area (Å²) in [5.74, 6) is 2.72. The summed E-state index contributed by atoms with van der Waals surface area (Å²) in [6.07, 6.45) is 32.1. The van der Waals surface area contributed by atoms with Crippen LogP contribution in [0.25, 0.3) is 0 Å². The van der Waals surface area contributed by atoms with Crippen molar-refractivity contribution in [3.63, 3.8) is 0 Å². The zero-order valence-corrected chi connectivity index (χ0v) is 19.4. The Morgan fingerprint density at radius 2 is 0.967 bits per heavy atom. The first-order chi connectivity index (χ1) is 14.8. The van der Waals surface area contributed by atoms with Crippen LogP contribution >= 0.6 is 0 Å². The molecule has 0 unspecified atom stereocenters. The first-order valence-corrected chi connectivity index (χ1v) is 12.5. The summed E-state index contributed by atoms with van der Waals surface area (Å²) >= 11 is 0. The zero-order valence-electron chi connectivity index (χ0n) is 19.4. The minimum absolute atomic E-state index is 0.617. The Labute approximate surface area is 186 Å². The largest absolute Gasteiger partial charge is 0.351 e. The monoisotopic (exact) mass is 423 g/mol. The highest BCUT2D eigenvalue weighted by atomic mass is 16.2. The second-order valence-electron chi connectivity index (χ2n) is 8.34. The van der Waals surface area contributed by atoms with Gasteiger partial charge in [0.2, 0.25) is 0 Å². The predicted octanol–water partition coefficient (Wildman–Crippen LogP) is 5.60. The van der Waals surface area contributed by atoms with Crippen LogP contribution in [0.5, 0.6) is 0 Å². The van der Waals surface area contributed by atoms with Crippen molar-refractivity contribution in [3.05, 3.63) is 0 Å². The first-order valence-electron chi connectivity index (χ1n) is 12.5. The summed E-state index contributed by atoms with van der Waals surface area (Å²) < 4.78 is 0. The van der Waals surface area contributed by atoms with E-state index in [0.717, 1.165) is 19.4 Å². The summed E-state index contributed by atoms with van der Waals surface area (Å²) in [6, 6.07) is -0.617. The molecular weight excluding hydrogens is 374 g/mol. The van der Waals surface area contributed by atoms with Crippen molar-refractivity contribution >= 4 is 6.03 Å². The molecule has 0 rings (SSSR count). The third-order valence-corrected chi connectivity index (χ3v) is 5.46. The number of hydrogen-bond donors (Lipinski definition) is 5. The number of carbonyl (C=O) groups excluding carboxylic acids is 1. The van der Waals surface area contributed by atoms with Gasteiger partial charge in [-0.2, -0.15) is 11.1 Å². The number of nitrogens with one attached hydrogen (secondary N) is 4. The number of rotatable bonds is 24. The van der Waals surface area contributed by atoms with E-state index in [0.29, 0.717) is 0 Å². The number of hydrazine groups is 3. The van der Waals surface area contributed by atoms with Crippen LogP contribution in [0, 0.1) is 12.3 Å². The molecule has 0 heterocycles. The number of carbonyl (C=O) groups is 1. The summed E-state index contributed by atoms with van der Waals surface area (Å²) in [5.41, 5.74) is 15.2. The number of terminal acetylenes is 1. The molecule has 0 spiro atoms. The number of nitrogens with two attached hydrogens (primary N) is 1. The van der Waals surface area contributed by atoms with Gasteiger partial charge in [-0.15, -0.1) is 12.3 Å². The maximum absolute atomic E-state index is 10.4. The second-order valence-corrected chi connectivity index (χ2v) is 8.34. The van der Waals surface area contributed by atoms with Crippen LogP contribution in [-0.4, -0.2) is 12.6 Å². The minimum atomic E-state index is -0.617. The molecule has 0 aliphatic heterocycles. The van der Waals surface area contributed by atoms with Gasteiger partial charge in [-0.25, -0.2) is 10.2 Å². The Balaban J connectivity index is 3.00. The lowest BCUT2D eigenvalue weighted by molar-refractivity contribution is 0.239. The van der Waals surface area contributed by atoms with Crippen molar-refractivity contribution in [1.82, 2.24) is 21.9 Å². The Bertz CT molecular complexity index is 398. The molecule has 0 radical (unpaired) electrons. The van der Waals surface area contributed by atoms with Crippen molar-refractivity contribution in [2.75, 3.05) is 6.54 Å². The van der Waals surface area contributed by atoms with Crippen LogP contribution in [0.1, 0.15) is 128 Å². The van der Waals surface area contributed by atoms with E-state index in [1.807, 2.05) is 0 Å². The number of primary amides is 1. The normalized spacial score (nSPS) is 10.8. The highest BCUT2D eigenvalue weighted by Gasteiger charge is 1.95. The van der Waals surface area contributed by atoms with Crippen LogP contribution in [-0.2, 0) is 0 Å². The summed E-state index contributed by atoms with van der Waals surface area (Å²) in [7, 11) is 0. The molecule has 176 valence electrons. The molecule has 0 bridgehead atoms. The first kappa shape index (κ1) is 28.7. The van der Waals surface area contributed by atoms with Gasteiger partial charge in [0.05, 0.1) is 0 Å². The topological polar surface area (TPSA) is 91.2 Å². The van der Waals surface area contributed by atoms with Gasteiger partial charge in [0, 0.05) is 13.0 Å². The molecule has 0 atom stereocenters. The molecule has 6 N–H and O–H groups in total. The van der Waals surface area contributed by atoms with Gasteiger partial charge >= 0.3 is 6.03 Å². The van der Waals surface area contributed by atoms with Crippen LogP contribution in [0.2, 0.25) is 0 Å². The molecule has 0 fully saturated rings. The van der Waals surface area contributed by atoms with Crippen molar-refractivity contribution in [1.29, 1.82) is 0 Å². The number of hydrogen-bond acceptors (Lipinski definition) is 4. The average molecular weight is 424 g/mol. The molecule has 6 nitrogen and oxygen atoms in total. The second kappa shape index (κ2) is 25.7. The molecule has 30 heavy (non-hydrogen) atoms. The van der Waals surface area contributed by atoms with Crippen LogP contribution in [0.15, 0.2) is 0 Å². The van der Waals surface area contributed by atoms with Gasteiger partial charge in [0.25, 0.3) is 0 Å². The molecule has 0 saturated carbocycles. The van der Waals surface area contributed by atoms with Crippen molar-refractivity contribution in [2.24, 2.45) is 5.73 Å². The van der Waals surface area contributed by atoms with Crippen molar-refractivity contribution in [3.8, 4) is 12.3 Å². The molecule has 0 aliphatic carbocycles. The summed E-state index contributed by atoms with van der Waals surface area (Å²) in [5, 5.41) is 0. The van der Waals surface area contributed by atoms with E-state index < -0.39 is 6.03 Å². The number of urea groups is 1. The standard InChI is InChI=1S/C24H49N5O/c1-2-3-4-5-6-7-8-9-10-11-12-13-14-15-16-17-18-19-20-21-22-23-26-28-29-27-24(25)30/h1,26,28-29H,3-23H2,(H3,25,27,30). The highest BCUT2D eigenvalue weighted by molar-refractivity contribution is 5.70. The Hall–Kier alpha value is -1.29. The Kier molecular flexibility index (Phi) is 24.6. The smallest absolute Gasteiger partial charge is 0.327 e. The third kappa shape index (κ3) is 26.7. The fourth-order valence-electron chi connectivity index (χ4n) is 3.65. The third-order valence-electron chi connectivity index (χ3n) is 5.46. The maximum atomic E-state index is 10.4. The SMILES string of the molecule is C#CCCCCCCCCCCCCCCCCCCCCCNNNNC(N)=O. The average Bonchev–Trinajstić information content (AvgIpc) is 2.73. The highest BCUT2D eigenvalue weighted by Crippen LogP contribution is 2.14. The predicted molar refractivity (Wildman–Crippen MR) is 128 cm³/mol. The molecule has 0 aromatic carbocycles. The van der Waals surface area contributed by atoms with E-state index >= 15 is 0 Å². The fourth-order valence-corrected chi connectivity index (χ4v) is 3.65. The van der Waals surface area contributed by atoms with Gasteiger partial charge in [-0.1, -0.05) is 109 Å². The number of unbranched alkanes of at least 4 members (excludes halogenated alkanes) is 19. The lowest BCUT2D eigenvalue weighted by Crippen LogP contribution is -2.54. The van der Waals surface area contributed by atoms with E-state index in [1.54, 1.807) is 0 Å². The fraction of sp³-hybridized carbons (Fsp3) is 0.875. The van der Waals surface area contributed by atoms with Crippen molar-refractivity contribution < 1.29 is 4.79 Å². The van der Waals surface area contributed by atoms with E-state index in [2.05, 4.69) is 27.8 Å². The molecule has 0 saturated heterocycles. The molecule has 0 aliphatic rings. The van der Waals surface area contributed by atoms with Gasteiger partial charge in [-0.05, 0) is 12.8 Å². The molecule has 6 heteroatoms. The van der Waals surface area contributed by atoms with E-state index in [4.69, 9.17) is 12.2 Å². The van der Waals surface area contributed by atoms with Gasteiger partial charge in [-0.3, -0.25) is 5.43 Å². The zero-order chi connectivity index (χ0) is 22.0. The van der Waals surface area contributed by atoms with E-state index in [9.17, 15) is 4.79 Å². The molecular formula is C24H49N5O. The molecule has 0 aromatic rings. The quantitative estimate of drug-likeness (QED) is 0.0793. The van der Waals surface area contributed by atoms with E-state index in [-0.39, 0.29) is 0 Å². The van der Waals surface area contributed by atoms with E-state index in [1.165, 1.54) is 116 Å². The lowest BCUT2D eigenvalue weighted by Gasteiger charge is -2.08. The molecule has 0 aromatic heterocycles. The Morgan fingerprint density at radius 1 is 0.600 bits per heavy atom. The van der Waals surface area contributed by atoms with Gasteiger partial charge < -0.3 is 5.73 Å². The minimum Gasteiger partial charge on any atom is -0.351 e. The lowest BCUT2D eigenvalue weighted by atomic mass is 10.0. The van der Waals surface area contributed by atoms with Crippen LogP contribution in [0.3, 0.4) is 0 Å². The Morgan fingerprint density at radius 3 is 1.33 bits per heavy atom. The number of amides is 2. The van der Waals surface area contributed by atoms with Crippen LogP contribution < -0.4 is 27.7 Å². The van der Waals surface area contributed by atoms with Gasteiger partial charge in [0.1, 0.15) is 0 Å². The summed E-state index contributed by atoms with van der Waals surface area (Å²) in [6.45, 7) is 0.862.